The van der Waals surface area contributed by atoms with E-state index in [9.17, 15) is 9.59 Å². The predicted molar refractivity (Wildman–Crippen MR) is 77.7 cm³/mol. The van der Waals surface area contributed by atoms with Crippen molar-refractivity contribution in [3.05, 3.63) is 18.2 Å². The maximum atomic E-state index is 12.1. The monoisotopic (exact) mass is 293 g/mol. The van der Waals surface area contributed by atoms with E-state index in [1.807, 2.05) is 0 Å². The number of aliphatic carboxylic acids is 1. The summed E-state index contributed by atoms with van der Waals surface area (Å²) in [4.78, 5) is 30.3. The Labute approximate surface area is 124 Å². The van der Waals surface area contributed by atoms with E-state index < -0.39 is 5.97 Å². The Morgan fingerprint density at radius 3 is 2.67 bits per heavy atom. The summed E-state index contributed by atoms with van der Waals surface area (Å²) < 4.78 is 0. The highest BCUT2D eigenvalue weighted by Gasteiger charge is 2.36. The lowest BCUT2D eigenvalue weighted by Gasteiger charge is -2.35. The highest BCUT2D eigenvalue weighted by Crippen LogP contribution is 2.42. The summed E-state index contributed by atoms with van der Waals surface area (Å²) in [6, 6.07) is 0. The van der Waals surface area contributed by atoms with E-state index in [0.29, 0.717) is 19.4 Å². The third-order valence-corrected chi connectivity index (χ3v) is 4.21. The van der Waals surface area contributed by atoms with Crippen LogP contribution >= 0.6 is 0 Å². The van der Waals surface area contributed by atoms with Crippen LogP contribution in [-0.4, -0.2) is 33.5 Å². The lowest BCUT2D eigenvalue weighted by atomic mass is 9.69. The Balaban J connectivity index is 1.81. The molecule has 116 valence electrons. The number of H-pyrrole nitrogens is 1. The van der Waals surface area contributed by atoms with Crippen LogP contribution in [0.2, 0.25) is 0 Å². The van der Waals surface area contributed by atoms with Gasteiger partial charge >= 0.3 is 5.97 Å². The van der Waals surface area contributed by atoms with E-state index >= 15 is 0 Å². The van der Waals surface area contributed by atoms with Gasteiger partial charge in [0.25, 0.3) is 0 Å². The summed E-state index contributed by atoms with van der Waals surface area (Å²) in [6.07, 6.45) is 9.36. The molecule has 0 saturated heterocycles. The van der Waals surface area contributed by atoms with Gasteiger partial charge in [-0.05, 0) is 18.3 Å². The average molecular weight is 293 g/mol. The maximum absolute atomic E-state index is 12.1. The van der Waals surface area contributed by atoms with Crippen molar-refractivity contribution in [1.29, 1.82) is 0 Å². The number of hydrogen-bond donors (Lipinski definition) is 3. The lowest BCUT2D eigenvalue weighted by Crippen LogP contribution is -2.35. The number of carboxylic acid groups (broad SMARTS) is 1. The van der Waals surface area contributed by atoms with Crippen LogP contribution in [0.1, 0.15) is 50.8 Å². The molecule has 3 N–H and O–H groups in total. The summed E-state index contributed by atoms with van der Waals surface area (Å²) in [5.41, 5.74) is -0.348. The second-order valence-electron chi connectivity index (χ2n) is 5.94. The van der Waals surface area contributed by atoms with Gasteiger partial charge in [0.15, 0.2) is 0 Å². The van der Waals surface area contributed by atoms with Gasteiger partial charge in [-0.1, -0.05) is 19.3 Å². The van der Waals surface area contributed by atoms with Crippen LogP contribution in [0.3, 0.4) is 0 Å². The molecule has 0 atom stereocenters. The summed E-state index contributed by atoms with van der Waals surface area (Å²) in [5, 5.41) is 12.0. The number of aromatic amines is 1. The fraction of sp³-hybridized carbons (Fsp3) is 0.667. The number of hydrogen-bond acceptors (Lipinski definition) is 3. The SMILES string of the molecule is O=C(O)CC1(CC(=O)NCCc2ncc[nH]2)CCCCC1. The minimum absolute atomic E-state index is 0.0512. The average Bonchev–Trinajstić information content (AvgIpc) is 2.91. The van der Waals surface area contributed by atoms with Crippen molar-refractivity contribution >= 4 is 11.9 Å². The minimum atomic E-state index is -0.805. The smallest absolute Gasteiger partial charge is 0.303 e. The van der Waals surface area contributed by atoms with Gasteiger partial charge in [-0.2, -0.15) is 0 Å². The number of rotatable bonds is 7. The number of nitrogens with zero attached hydrogens (tertiary/aromatic N) is 1. The van der Waals surface area contributed by atoms with Crippen molar-refractivity contribution in [2.45, 2.75) is 51.4 Å². The third kappa shape index (κ3) is 4.88. The van der Waals surface area contributed by atoms with Crippen LogP contribution in [0.4, 0.5) is 0 Å². The quantitative estimate of drug-likeness (QED) is 0.715. The Bertz CT molecular complexity index is 465. The summed E-state index contributed by atoms with van der Waals surface area (Å²) >= 11 is 0. The fourth-order valence-electron chi connectivity index (χ4n) is 3.20. The molecule has 6 nitrogen and oxygen atoms in total. The van der Waals surface area contributed by atoms with Crippen LogP contribution in [0, 0.1) is 5.41 Å². The number of aromatic nitrogens is 2. The third-order valence-electron chi connectivity index (χ3n) is 4.21. The fourth-order valence-corrected chi connectivity index (χ4v) is 3.20. The maximum Gasteiger partial charge on any atom is 0.303 e. The van der Waals surface area contributed by atoms with E-state index in [0.717, 1.165) is 37.9 Å². The predicted octanol–water partition coefficient (Wildman–Crippen LogP) is 1.88. The lowest BCUT2D eigenvalue weighted by molar-refractivity contribution is -0.141. The Kier molecular flexibility index (Phi) is 5.36. The molecule has 0 spiro atoms. The number of carbonyl (C=O) groups is 2. The van der Waals surface area contributed by atoms with Crippen LogP contribution in [0.15, 0.2) is 12.4 Å². The molecule has 1 aromatic rings. The zero-order valence-electron chi connectivity index (χ0n) is 12.2. The molecule has 0 bridgehead atoms. The van der Waals surface area contributed by atoms with Crippen molar-refractivity contribution in [2.75, 3.05) is 6.54 Å². The second kappa shape index (κ2) is 7.24. The molecular weight excluding hydrogens is 270 g/mol. The second-order valence-corrected chi connectivity index (χ2v) is 5.94. The van der Waals surface area contributed by atoms with E-state index in [1.54, 1.807) is 12.4 Å². The molecule has 1 saturated carbocycles. The molecule has 21 heavy (non-hydrogen) atoms. The molecule has 0 aromatic carbocycles. The van der Waals surface area contributed by atoms with Gasteiger partial charge in [-0.25, -0.2) is 4.98 Å². The molecule has 6 heteroatoms. The first-order chi connectivity index (χ1) is 10.1. The molecule has 2 rings (SSSR count). The molecule has 0 radical (unpaired) electrons. The zero-order chi connectivity index (χ0) is 15.1. The number of imidazole rings is 1. The van der Waals surface area contributed by atoms with Crippen molar-refractivity contribution in [3.63, 3.8) is 0 Å². The number of carbonyl (C=O) groups excluding carboxylic acids is 1. The first-order valence-electron chi connectivity index (χ1n) is 7.56. The first kappa shape index (κ1) is 15.5. The van der Waals surface area contributed by atoms with Crippen LogP contribution in [-0.2, 0) is 16.0 Å². The molecule has 0 aliphatic heterocycles. The Hall–Kier alpha value is -1.85. The van der Waals surface area contributed by atoms with Crippen molar-refractivity contribution in [3.8, 4) is 0 Å². The van der Waals surface area contributed by atoms with Gasteiger partial charge in [0.2, 0.25) is 5.91 Å². The van der Waals surface area contributed by atoms with E-state index in [1.165, 1.54) is 0 Å². The van der Waals surface area contributed by atoms with Gasteiger partial charge in [0.1, 0.15) is 5.82 Å². The van der Waals surface area contributed by atoms with Gasteiger partial charge in [0, 0.05) is 31.8 Å². The largest absolute Gasteiger partial charge is 0.481 e. The summed E-state index contributed by atoms with van der Waals surface area (Å²) in [5.74, 6) is -0.0155. The highest BCUT2D eigenvalue weighted by atomic mass is 16.4. The van der Waals surface area contributed by atoms with Crippen LogP contribution in [0.5, 0.6) is 0 Å². The topological polar surface area (TPSA) is 95.1 Å². The Morgan fingerprint density at radius 1 is 1.29 bits per heavy atom. The number of amides is 1. The van der Waals surface area contributed by atoms with Crippen molar-refractivity contribution in [1.82, 2.24) is 15.3 Å². The molecule has 1 fully saturated rings. The molecular formula is C15H23N3O3. The van der Waals surface area contributed by atoms with Crippen LogP contribution < -0.4 is 5.32 Å². The van der Waals surface area contributed by atoms with Crippen molar-refractivity contribution in [2.24, 2.45) is 5.41 Å². The first-order valence-corrected chi connectivity index (χ1v) is 7.56. The van der Waals surface area contributed by atoms with E-state index in [-0.39, 0.29) is 17.7 Å². The van der Waals surface area contributed by atoms with E-state index in [4.69, 9.17) is 5.11 Å². The van der Waals surface area contributed by atoms with E-state index in [2.05, 4.69) is 15.3 Å². The molecule has 1 amide bonds. The standard InChI is InChI=1S/C15H23N3O3/c19-13(18-7-4-12-16-8-9-17-12)10-15(11-14(20)21)5-2-1-3-6-15/h8-9H,1-7,10-11H2,(H,16,17)(H,18,19)(H,20,21). The Morgan fingerprint density at radius 2 is 2.05 bits per heavy atom. The molecule has 0 unspecified atom stereocenters. The minimum Gasteiger partial charge on any atom is -0.481 e. The van der Waals surface area contributed by atoms with Crippen molar-refractivity contribution < 1.29 is 14.7 Å². The number of carboxylic acids is 1. The van der Waals surface area contributed by atoms with Gasteiger partial charge in [-0.15, -0.1) is 0 Å². The highest BCUT2D eigenvalue weighted by molar-refractivity contribution is 5.78. The van der Waals surface area contributed by atoms with Gasteiger partial charge < -0.3 is 15.4 Å². The molecule has 1 heterocycles. The zero-order valence-corrected chi connectivity index (χ0v) is 12.2. The van der Waals surface area contributed by atoms with Crippen LogP contribution in [0.25, 0.3) is 0 Å². The molecule has 1 aliphatic carbocycles. The molecule has 1 aromatic heterocycles. The summed E-state index contributed by atoms with van der Waals surface area (Å²) in [6.45, 7) is 0.523. The number of nitrogens with one attached hydrogen (secondary N) is 2. The summed E-state index contributed by atoms with van der Waals surface area (Å²) in [7, 11) is 0. The van der Waals surface area contributed by atoms with Gasteiger partial charge in [-0.3, -0.25) is 9.59 Å². The molecule has 1 aliphatic rings. The van der Waals surface area contributed by atoms with Gasteiger partial charge in [0.05, 0.1) is 6.42 Å². The normalized spacial score (nSPS) is 17.3.